The lowest BCUT2D eigenvalue weighted by atomic mass is 10.1. The molecule has 4 rings (SSSR count). The van der Waals surface area contributed by atoms with Crippen molar-refractivity contribution < 1.29 is 4.79 Å². The molecule has 0 bridgehead atoms. The summed E-state index contributed by atoms with van der Waals surface area (Å²) in [5, 5.41) is 8.88. The van der Waals surface area contributed by atoms with Gasteiger partial charge in [-0.2, -0.15) is 5.26 Å². The molecule has 1 amide bonds. The van der Waals surface area contributed by atoms with Crippen molar-refractivity contribution in [2.75, 3.05) is 42.5 Å². The molecule has 1 atom stereocenters. The molecule has 2 aliphatic heterocycles. The fraction of sp³-hybridized carbons (Fsp3) is 0.350. The van der Waals surface area contributed by atoms with Crippen LogP contribution in [0.25, 0.3) is 0 Å². The molecule has 6 nitrogen and oxygen atoms in total. The Morgan fingerprint density at radius 1 is 1.00 bits per heavy atom. The van der Waals surface area contributed by atoms with Crippen molar-refractivity contribution in [1.29, 1.82) is 5.26 Å². The Morgan fingerprint density at radius 2 is 1.77 bits per heavy atom. The molecule has 132 valence electrons. The summed E-state index contributed by atoms with van der Waals surface area (Å²) in [7, 11) is 0. The molecule has 0 radical (unpaired) electrons. The van der Waals surface area contributed by atoms with E-state index in [1.54, 1.807) is 12.3 Å². The zero-order valence-corrected chi connectivity index (χ0v) is 14.6. The molecule has 3 heterocycles. The lowest BCUT2D eigenvalue weighted by molar-refractivity contribution is -0.121. The molecule has 0 saturated carbocycles. The molecular weight excluding hydrogens is 326 g/mol. The summed E-state index contributed by atoms with van der Waals surface area (Å²) in [4.78, 5) is 23.6. The van der Waals surface area contributed by atoms with E-state index in [0.29, 0.717) is 5.56 Å². The topological polar surface area (TPSA) is 63.5 Å². The molecule has 26 heavy (non-hydrogen) atoms. The van der Waals surface area contributed by atoms with Crippen molar-refractivity contribution >= 4 is 17.4 Å². The molecule has 6 heteroatoms. The number of nitrogens with zero attached hydrogens (tertiary/aromatic N) is 5. The Kier molecular flexibility index (Phi) is 4.55. The monoisotopic (exact) mass is 347 g/mol. The van der Waals surface area contributed by atoms with E-state index >= 15 is 0 Å². The van der Waals surface area contributed by atoms with Crippen molar-refractivity contribution in [2.45, 2.75) is 12.5 Å². The maximum absolute atomic E-state index is 12.9. The summed E-state index contributed by atoms with van der Waals surface area (Å²) in [5.74, 6) is 1.11. The van der Waals surface area contributed by atoms with E-state index in [9.17, 15) is 4.79 Å². The van der Waals surface area contributed by atoms with Gasteiger partial charge in [-0.15, -0.1) is 0 Å². The smallest absolute Gasteiger partial charge is 0.244 e. The van der Waals surface area contributed by atoms with Crippen molar-refractivity contribution in [1.82, 2.24) is 9.88 Å². The third-order valence-corrected chi connectivity index (χ3v) is 5.20. The molecule has 0 aliphatic carbocycles. The van der Waals surface area contributed by atoms with Gasteiger partial charge in [-0.3, -0.25) is 9.69 Å². The van der Waals surface area contributed by atoms with Crippen molar-refractivity contribution in [3.8, 4) is 6.07 Å². The average molecular weight is 347 g/mol. The summed E-state index contributed by atoms with van der Waals surface area (Å²) in [6, 6.07) is 15.7. The van der Waals surface area contributed by atoms with Crippen LogP contribution in [0.2, 0.25) is 0 Å². The number of anilines is 2. The number of carbonyl (C=O) groups excluding carboxylic acids is 1. The molecule has 0 unspecified atom stereocenters. The van der Waals surface area contributed by atoms with Crippen LogP contribution in [0.1, 0.15) is 12.0 Å². The van der Waals surface area contributed by atoms with Crippen LogP contribution in [0.4, 0.5) is 11.5 Å². The standard InChI is InChI=1S/C20H21N5O/c21-14-16-6-7-19(22-15-16)24-12-10-23(11-13-24)18-8-9-25(20(18)26)17-4-2-1-3-5-17/h1-7,15,18H,8-13H2/t18-/m0/s1. The third-order valence-electron chi connectivity index (χ3n) is 5.20. The molecule has 1 aromatic heterocycles. The lowest BCUT2D eigenvalue weighted by Crippen LogP contribution is -2.52. The van der Waals surface area contributed by atoms with Gasteiger partial charge in [0.15, 0.2) is 0 Å². The van der Waals surface area contributed by atoms with E-state index < -0.39 is 0 Å². The minimum atomic E-state index is -0.0220. The van der Waals surface area contributed by atoms with E-state index in [1.165, 1.54) is 0 Å². The Morgan fingerprint density at radius 3 is 2.42 bits per heavy atom. The molecule has 2 fully saturated rings. The molecule has 2 aromatic rings. The predicted octanol–water partition coefficient (Wildman–Crippen LogP) is 1.88. The second kappa shape index (κ2) is 7.14. The second-order valence-corrected chi connectivity index (χ2v) is 6.67. The highest BCUT2D eigenvalue weighted by atomic mass is 16.2. The van der Waals surface area contributed by atoms with E-state index in [-0.39, 0.29) is 11.9 Å². The summed E-state index contributed by atoms with van der Waals surface area (Å²) < 4.78 is 0. The minimum Gasteiger partial charge on any atom is -0.354 e. The number of carbonyl (C=O) groups is 1. The number of hydrogen-bond acceptors (Lipinski definition) is 5. The SMILES string of the molecule is N#Cc1ccc(N2CCN([C@H]3CCN(c4ccccc4)C3=O)CC2)nc1. The maximum Gasteiger partial charge on any atom is 0.244 e. The highest BCUT2D eigenvalue weighted by molar-refractivity contribution is 5.99. The Hall–Kier alpha value is -2.91. The van der Waals surface area contributed by atoms with E-state index in [4.69, 9.17) is 5.26 Å². The number of pyridine rings is 1. The van der Waals surface area contributed by atoms with Gasteiger partial charge in [0, 0.05) is 44.6 Å². The molecule has 2 saturated heterocycles. The zero-order valence-electron chi connectivity index (χ0n) is 14.6. The fourth-order valence-electron chi connectivity index (χ4n) is 3.77. The maximum atomic E-state index is 12.9. The van der Waals surface area contributed by atoms with Crippen LogP contribution >= 0.6 is 0 Å². The number of rotatable bonds is 3. The Bertz CT molecular complexity index is 806. The van der Waals surface area contributed by atoms with Crippen LogP contribution in [0.15, 0.2) is 48.7 Å². The third kappa shape index (κ3) is 3.14. The van der Waals surface area contributed by atoms with Crippen molar-refractivity contribution in [3.63, 3.8) is 0 Å². The van der Waals surface area contributed by atoms with Gasteiger partial charge in [-0.05, 0) is 30.7 Å². The predicted molar refractivity (Wildman–Crippen MR) is 99.9 cm³/mol. The first kappa shape index (κ1) is 16.6. The van der Waals surface area contributed by atoms with Crippen molar-refractivity contribution in [3.05, 3.63) is 54.2 Å². The summed E-state index contributed by atoms with van der Waals surface area (Å²) >= 11 is 0. The van der Waals surface area contributed by atoms with Crippen LogP contribution in [-0.4, -0.2) is 54.6 Å². The van der Waals surface area contributed by atoms with Gasteiger partial charge < -0.3 is 9.80 Å². The van der Waals surface area contributed by atoms with E-state index in [2.05, 4.69) is 20.9 Å². The van der Waals surface area contributed by atoms with Gasteiger partial charge in [0.25, 0.3) is 0 Å². The van der Waals surface area contributed by atoms with Crippen molar-refractivity contribution in [2.24, 2.45) is 0 Å². The Balaban J connectivity index is 1.37. The number of hydrogen-bond donors (Lipinski definition) is 0. The van der Waals surface area contributed by atoms with Gasteiger partial charge in [-0.25, -0.2) is 4.98 Å². The van der Waals surface area contributed by atoms with Gasteiger partial charge in [0.1, 0.15) is 11.9 Å². The second-order valence-electron chi connectivity index (χ2n) is 6.67. The first-order valence-electron chi connectivity index (χ1n) is 8.98. The van der Waals surface area contributed by atoms with Gasteiger partial charge >= 0.3 is 0 Å². The number of aromatic nitrogens is 1. The normalized spacial score (nSPS) is 21.0. The number of amides is 1. The number of benzene rings is 1. The molecular formula is C20H21N5O. The van der Waals surface area contributed by atoms with Gasteiger partial charge in [0.05, 0.1) is 11.6 Å². The molecule has 2 aliphatic rings. The highest BCUT2D eigenvalue weighted by Crippen LogP contribution is 2.25. The summed E-state index contributed by atoms with van der Waals surface area (Å²) in [5.41, 5.74) is 1.56. The highest BCUT2D eigenvalue weighted by Gasteiger charge is 2.37. The number of para-hydroxylation sites is 1. The average Bonchev–Trinajstić information content (AvgIpc) is 3.10. The zero-order chi connectivity index (χ0) is 17.9. The van der Waals surface area contributed by atoms with Crippen LogP contribution in [-0.2, 0) is 4.79 Å². The quantitative estimate of drug-likeness (QED) is 0.848. The number of nitriles is 1. The molecule has 1 aromatic carbocycles. The molecule has 0 N–H and O–H groups in total. The van der Waals surface area contributed by atoms with Crippen LogP contribution in [0.3, 0.4) is 0 Å². The first-order valence-corrected chi connectivity index (χ1v) is 8.98. The molecule has 0 spiro atoms. The van der Waals surface area contributed by atoms with Gasteiger partial charge in [0.2, 0.25) is 5.91 Å². The fourth-order valence-corrected chi connectivity index (χ4v) is 3.77. The van der Waals surface area contributed by atoms with E-state index in [1.807, 2.05) is 41.3 Å². The van der Waals surface area contributed by atoms with Crippen LogP contribution in [0.5, 0.6) is 0 Å². The van der Waals surface area contributed by atoms with Crippen LogP contribution in [0, 0.1) is 11.3 Å². The summed E-state index contributed by atoms with van der Waals surface area (Å²) in [6.45, 7) is 4.16. The number of piperazine rings is 1. The largest absolute Gasteiger partial charge is 0.354 e. The van der Waals surface area contributed by atoms with Crippen LogP contribution < -0.4 is 9.80 Å². The minimum absolute atomic E-state index is 0.0220. The Labute approximate surface area is 153 Å². The van der Waals surface area contributed by atoms with Gasteiger partial charge in [-0.1, -0.05) is 18.2 Å². The lowest BCUT2D eigenvalue weighted by Gasteiger charge is -2.37. The van der Waals surface area contributed by atoms with E-state index in [0.717, 1.165) is 50.6 Å². The first-order chi connectivity index (χ1) is 12.8. The summed E-state index contributed by atoms with van der Waals surface area (Å²) in [6.07, 6.45) is 2.49.